The van der Waals surface area contributed by atoms with Crippen molar-refractivity contribution in [2.24, 2.45) is 0 Å². The summed E-state index contributed by atoms with van der Waals surface area (Å²) in [4.78, 5) is 19.8. The number of nitrogens with two attached hydrogens (primary N) is 1. The van der Waals surface area contributed by atoms with E-state index in [1.54, 1.807) is 18.2 Å². The highest BCUT2D eigenvalue weighted by atomic mass is 35.5. The third-order valence-electron chi connectivity index (χ3n) is 5.69. The Balaban J connectivity index is 1.47. The molecule has 8 heteroatoms. The number of H-pyrrole nitrogens is 1. The van der Waals surface area contributed by atoms with E-state index in [0.717, 1.165) is 36.6 Å². The maximum Gasteiger partial charge on any atom is 0.280 e. The number of aromatic amines is 1. The molecule has 0 atom stereocenters. The lowest BCUT2D eigenvalue weighted by molar-refractivity contribution is 0.495. The standard InChI is InChI=1S/C21H19Cl2N5O/c22-13-1-4-15(5-2-13)27-9-7-12(8-10-27)19-18(24)20-25-17-6-3-14(23)11-16(17)21(29)28(20)26-19/h1-6,11-12,26H,7-10,24H2. The van der Waals surface area contributed by atoms with Gasteiger partial charge in [0.1, 0.15) is 0 Å². The molecule has 0 bridgehead atoms. The van der Waals surface area contributed by atoms with E-state index in [4.69, 9.17) is 28.9 Å². The number of rotatable bonds is 2. The topological polar surface area (TPSA) is 79.4 Å². The van der Waals surface area contributed by atoms with Crippen LogP contribution >= 0.6 is 23.2 Å². The fraction of sp³-hybridized carbons (Fsp3) is 0.238. The highest BCUT2D eigenvalue weighted by Crippen LogP contribution is 2.34. The van der Waals surface area contributed by atoms with Crippen LogP contribution in [-0.2, 0) is 0 Å². The normalized spacial score (nSPS) is 15.4. The summed E-state index contributed by atoms with van der Waals surface area (Å²) in [7, 11) is 0. The van der Waals surface area contributed by atoms with E-state index in [-0.39, 0.29) is 11.5 Å². The molecule has 148 valence electrons. The molecule has 0 amide bonds. The van der Waals surface area contributed by atoms with Crippen LogP contribution in [0, 0.1) is 0 Å². The van der Waals surface area contributed by atoms with Crippen molar-refractivity contribution in [1.29, 1.82) is 0 Å². The highest BCUT2D eigenvalue weighted by Gasteiger charge is 2.26. The molecule has 0 spiro atoms. The van der Waals surface area contributed by atoms with Crippen molar-refractivity contribution in [3.63, 3.8) is 0 Å². The molecule has 2 aromatic carbocycles. The van der Waals surface area contributed by atoms with Gasteiger partial charge in [0, 0.05) is 34.7 Å². The van der Waals surface area contributed by atoms with E-state index >= 15 is 0 Å². The van der Waals surface area contributed by atoms with Gasteiger partial charge in [0.05, 0.1) is 22.3 Å². The van der Waals surface area contributed by atoms with E-state index in [2.05, 4.69) is 15.0 Å². The molecular formula is C21H19Cl2N5O. The third-order valence-corrected chi connectivity index (χ3v) is 6.18. The number of nitrogen functional groups attached to an aromatic ring is 1. The molecule has 0 saturated carbocycles. The van der Waals surface area contributed by atoms with Gasteiger partial charge in [-0.1, -0.05) is 23.2 Å². The third kappa shape index (κ3) is 3.12. The lowest BCUT2D eigenvalue weighted by Crippen LogP contribution is -2.33. The predicted octanol–water partition coefficient (Wildman–Crippen LogP) is 4.45. The first-order chi connectivity index (χ1) is 14.0. The fourth-order valence-corrected chi connectivity index (χ4v) is 4.43. The smallest absolute Gasteiger partial charge is 0.280 e. The number of hydrogen-bond donors (Lipinski definition) is 2. The second-order valence-electron chi connectivity index (χ2n) is 7.41. The van der Waals surface area contributed by atoms with Crippen molar-refractivity contribution >= 4 is 51.1 Å². The molecule has 1 fully saturated rings. The number of nitrogens with one attached hydrogen (secondary N) is 1. The van der Waals surface area contributed by atoms with Crippen LogP contribution < -0.4 is 16.2 Å². The molecule has 3 N–H and O–H groups in total. The van der Waals surface area contributed by atoms with Gasteiger partial charge in [0.25, 0.3) is 5.56 Å². The second kappa shape index (κ2) is 6.97. The van der Waals surface area contributed by atoms with Gasteiger partial charge in [0.15, 0.2) is 5.65 Å². The molecule has 0 radical (unpaired) electrons. The van der Waals surface area contributed by atoms with Gasteiger partial charge in [-0.3, -0.25) is 9.89 Å². The van der Waals surface area contributed by atoms with Gasteiger partial charge in [0.2, 0.25) is 0 Å². The van der Waals surface area contributed by atoms with Crippen molar-refractivity contribution in [1.82, 2.24) is 14.6 Å². The van der Waals surface area contributed by atoms with Crippen molar-refractivity contribution in [2.75, 3.05) is 23.7 Å². The average Bonchev–Trinajstić information content (AvgIpc) is 3.06. The summed E-state index contributed by atoms with van der Waals surface area (Å²) in [6, 6.07) is 13.0. The van der Waals surface area contributed by atoms with Crippen molar-refractivity contribution < 1.29 is 0 Å². The van der Waals surface area contributed by atoms with Gasteiger partial charge in [-0.2, -0.15) is 4.52 Å². The number of aromatic nitrogens is 3. The number of hydrogen-bond acceptors (Lipinski definition) is 4. The minimum Gasteiger partial charge on any atom is -0.394 e. The molecule has 0 aliphatic carbocycles. The summed E-state index contributed by atoms with van der Waals surface area (Å²) in [5.41, 5.74) is 9.88. The number of benzene rings is 2. The van der Waals surface area contributed by atoms with Crippen LogP contribution in [0.2, 0.25) is 10.0 Å². The Hall–Kier alpha value is -2.70. The largest absolute Gasteiger partial charge is 0.394 e. The molecule has 6 nitrogen and oxygen atoms in total. The lowest BCUT2D eigenvalue weighted by atomic mass is 9.92. The molecule has 1 aliphatic rings. The van der Waals surface area contributed by atoms with Gasteiger partial charge < -0.3 is 10.6 Å². The maximum absolute atomic E-state index is 12.9. The number of fused-ring (bicyclic) bond motifs is 2. The Kier molecular flexibility index (Phi) is 4.41. The van der Waals surface area contributed by atoms with Crippen molar-refractivity contribution in [3.8, 4) is 0 Å². The minimum atomic E-state index is -0.191. The van der Waals surface area contributed by atoms with Crippen LogP contribution in [0.15, 0.2) is 47.3 Å². The van der Waals surface area contributed by atoms with Gasteiger partial charge in [-0.05, 0) is 55.3 Å². The average molecular weight is 428 g/mol. The number of piperidine rings is 1. The summed E-state index contributed by atoms with van der Waals surface area (Å²) >= 11 is 12.0. The Morgan fingerprint density at radius 2 is 1.72 bits per heavy atom. The first-order valence-electron chi connectivity index (χ1n) is 9.51. The molecular weight excluding hydrogens is 409 g/mol. The van der Waals surface area contributed by atoms with Crippen LogP contribution in [0.1, 0.15) is 24.5 Å². The number of nitrogens with zero attached hydrogens (tertiary/aromatic N) is 3. The minimum absolute atomic E-state index is 0.191. The predicted molar refractivity (Wildman–Crippen MR) is 118 cm³/mol. The Labute approximate surface area is 176 Å². The summed E-state index contributed by atoms with van der Waals surface area (Å²) < 4.78 is 1.44. The van der Waals surface area contributed by atoms with Crippen LogP contribution in [0.3, 0.4) is 0 Å². The number of anilines is 2. The molecule has 1 aliphatic heterocycles. The number of halogens is 2. The van der Waals surface area contributed by atoms with E-state index < -0.39 is 0 Å². The Bertz CT molecular complexity index is 1270. The summed E-state index contributed by atoms with van der Waals surface area (Å²) in [6.07, 6.45) is 1.86. The van der Waals surface area contributed by atoms with E-state index in [1.165, 1.54) is 10.2 Å². The van der Waals surface area contributed by atoms with Crippen molar-refractivity contribution in [3.05, 3.63) is 68.6 Å². The first kappa shape index (κ1) is 18.3. The van der Waals surface area contributed by atoms with Crippen LogP contribution in [-0.4, -0.2) is 27.7 Å². The maximum atomic E-state index is 12.9. The molecule has 0 unspecified atom stereocenters. The lowest BCUT2D eigenvalue weighted by Gasteiger charge is -2.33. The molecule has 3 heterocycles. The molecule has 5 rings (SSSR count). The quantitative estimate of drug-likeness (QED) is 0.495. The summed E-state index contributed by atoms with van der Waals surface area (Å²) in [6.45, 7) is 1.81. The fourth-order valence-electron chi connectivity index (χ4n) is 4.13. The van der Waals surface area contributed by atoms with Crippen LogP contribution in [0.25, 0.3) is 16.6 Å². The van der Waals surface area contributed by atoms with Crippen LogP contribution in [0.5, 0.6) is 0 Å². The summed E-state index contributed by atoms with van der Waals surface area (Å²) in [5, 5.41) is 4.93. The highest BCUT2D eigenvalue weighted by molar-refractivity contribution is 6.31. The zero-order chi connectivity index (χ0) is 20.1. The molecule has 1 saturated heterocycles. The zero-order valence-electron chi connectivity index (χ0n) is 15.5. The Morgan fingerprint density at radius 3 is 2.45 bits per heavy atom. The van der Waals surface area contributed by atoms with Crippen molar-refractivity contribution in [2.45, 2.75) is 18.8 Å². The molecule has 29 heavy (non-hydrogen) atoms. The van der Waals surface area contributed by atoms with E-state index in [0.29, 0.717) is 27.3 Å². The summed E-state index contributed by atoms with van der Waals surface area (Å²) in [5.74, 6) is 0.242. The molecule has 2 aromatic heterocycles. The SMILES string of the molecule is Nc1c(C2CCN(c3ccc(Cl)cc3)CC2)[nH]n2c(=O)c3cc(Cl)ccc3nc12. The first-order valence-corrected chi connectivity index (χ1v) is 10.3. The second-order valence-corrected chi connectivity index (χ2v) is 8.29. The monoisotopic (exact) mass is 427 g/mol. The van der Waals surface area contributed by atoms with Gasteiger partial charge in [-0.15, -0.1) is 0 Å². The zero-order valence-corrected chi connectivity index (χ0v) is 17.0. The Morgan fingerprint density at radius 1 is 1.03 bits per heavy atom. The van der Waals surface area contributed by atoms with Crippen LogP contribution in [0.4, 0.5) is 11.4 Å². The van der Waals surface area contributed by atoms with E-state index in [1.807, 2.05) is 24.3 Å². The van der Waals surface area contributed by atoms with Gasteiger partial charge in [-0.25, -0.2) is 4.98 Å². The molecule has 4 aromatic rings. The van der Waals surface area contributed by atoms with Gasteiger partial charge >= 0.3 is 0 Å². The van der Waals surface area contributed by atoms with E-state index in [9.17, 15) is 4.79 Å².